The Morgan fingerprint density at radius 3 is 2.47 bits per heavy atom. The molecule has 0 bridgehead atoms. The Bertz CT molecular complexity index is 1190. The molecule has 0 saturated heterocycles. The first kappa shape index (κ1) is 18.2. The van der Waals surface area contributed by atoms with Gasteiger partial charge in [0, 0.05) is 24.9 Å². The fourth-order valence-electron chi connectivity index (χ4n) is 3.99. The SMILES string of the molecule is O=C(NCCc1nc2cc(O)ccc2o1)OCC1c2ccccc2-c2ccccc21. The van der Waals surface area contributed by atoms with Gasteiger partial charge in [0.2, 0.25) is 0 Å². The van der Waals surface area contributed by atoms with E-state index >= 15 is 0 Å². The molecule has 1 amide bonds. The molecule has 0 aliphatic heterocycles. The van der Waals surface area contributed by atoms with Gasteiger partial charge in [-0.15, -0.1) is 0 Å². The minimum Gasteiger partial charge on any atom is -0.508 e. The summed E-state index contributed by atoms with van der Waals surface area (Å²) in [5, 5.41) is 12.3. The zero-order chi connectivity index (χ0) is 20.5. The number of fused-ring (bicyclic) bond motifs is 4. The van der Waals surface area contributed by atoms with Crippen molar-refractivity contribution in [1.82, 2.24) is 10.3 Å². The molecule has 30 heavy (non-hydrogen) atoms. The van der Waals surface area contributed by atoms with E-state index < -0.39 is 6.09 Å². The molecule has 6 heteroatoms. The first-order valence-corrected chi connectivity index (χ1v) is 9.86. The molecule has 0 saturated carbocycles. The van der Waals surface area contributed by atoms with Gasteiger partial charge in [-0.3, -0.25) is 0 Å². The fourth-order valence-corrected chi connectivity index (χ4v) is 3.99. The highest BCUT2D eigenvalue weighted by Gasteiger charge is 2.28. The molecule has 2 N–H and O–H groups in total. The molecule has 0 spiro atoms. The van der Waals surface area contributed by atoms with Gasteiger partial charge in [0.05, 0.1) is 0 Å². The predicted molar refractivity (Wildman–Crippen MR) is 112 cm³/mol. The van der Waals surface area contributed by atoms with E-state index in [1.165, 1.54) is 22.3 Å². The van der Waals surface area contributed by atoms with E-state index in [2.05, 4.69) is 34.6 Å². The molecule has 6 nitrogen and oxygen atoms in total. The van der Waals surface area contributed by atoms with Gasteiger partial charge in [-0.2, -0.15) is 0 Å². The van der Waals surface area contributed by atoms with Crippen molar-refractivity contribution in [2.75, 3.05) is 13.2 Å². The molecular weight excluding hydrogens is 380 g/mol. The summed E-state index contributed by atoms with van der Waals surface area (Å²) >= 11 is 0. The van der Waals surface area contributed by atoms with Crippen LogP contribution < -0.4 is 5.32 Å². The summed E-state index contributed by atoms with van der Waals surface area (Å²) < 4.78 is 11.1. The van der Waals surface area contributed by atoms with Gasteiger partial charge in [0.1, 0.15) is 17.9 Å². The molecule has 150 valence electrons. The molecule has 3 aromatic carbocycles. The molecule has 1 heterocycles. The number of oxazole rings is 1. The van der Waals surface area contributed by atoms with Crippen LogP contribution in [-0.4, -0.2) is 29.3 Å². The fraction of sp³-hybridized carbons (Fsp3) is 0.167. The van der Waals surface area contributed by atoms with E-state index in [4.69, 9.17) is 9.15 Å². The third kappa shape index (κ3) is 3.37. The number of carbonyl (C=O) groups excluding carboxylic acids is 1. The van der Waals surface area contributed by atoms with Crippen molar-refractivity contribution in [2.45, 2.75) is 12.3 Å². The smallest absolute Gasteiger partial charge is 0.407 e. The Morgan fingerprint density at radius 2 is 1.73 bits per heavy atom. The largest absolute Gasteiger partial charge is 0.508 e. The Kier molecular flexibility index (Phi) is 4.59. The number of benzene rings is 3. The van der Waals surface area contributed by atoms with Gasteiger partial charge >= 0.3 is 6.09 Å². The van der Waals surface area contributed by atoms with Crippen molar-refractivity contribution in [3.8, 4) is 16.9 Å². The van der Waals surface area contributed by atoms with Crippen LogP contribution in [0.2, 0.25) is 0 Å². The molecule has 0 fully saturated rings. The van der Waals surface area contributed by atoms with E-state index in [-0.39, 0.29) is 18.3 Å². The van der Waals surface area contributed by atoms with E-state index in [1.807, 2.05) is 24.3 Å². The third-order valence-corrected chi connectivity index (χ3v) is 5.37. The molecule has 0 unspecified atom stereocenters. The molecule has 1 aliphatic carbocycles. The lowest BCUT2D eigenvalue weighted by molar-refractivity contribution is 0.143. The number of hydrogen-bond acceptors (Lipinski definition) is 5. The van der Waals surface area contributed by atoms with Gasteiger partial charge in [0.25, 0.3) is 0 Å². The molecule has 5 rings (SSSR count). The summed E-state index contributed by atoms with van der Waals surface area (Å²) in [6.45, 7) is 0.623. The number of aromatic hydroxyl groups is 1. The number of alkyl carbamates (subject to hydrolysis) is 1. The number of phenolic OH excluding ortho intramolecular Hbond substituents is 1. The van der Waals surface area contributed by atoms with E-state index in [0.29, 0.717) is 30.0 Å². The number of rotatable bonds is 5. The van der Waals surface area contributed by atoms with Crippen molar-refractivity contribution in [3.05, 3.63) is 83.7 Å². The van der Waals surface area contributed by atoms with Crippen LogP contribution in [0.5, 0.6) is 5.75 Å². The van der Waals surface area contributed by atoms with Gasteiger partial charge in [-0.1, -0.05) is 48.5 Å². The summed E-state index contributed by atoms with van der Waals surface area (Å²) in [4.78, 5) is 16.5. The van der Waals surface area contributed by atoms with Gasteiger partial charge in [0.15, 0.2) is 11.5 Å². The average molecular weight is 400 g/mol. The van der Waals surface area contributed by atoms with Gasteiger partial charge in [-0.25, -0.2) is 9.78 Å². The van der Waals surface area contributed by atoms with E-state index in [9.17, 15) is 9.90 Å². The number of amides is 1. The van der Waals surface area contributed by atoms with Crippen LogP contribution in [0.1, 0.15) is 22.9 Å². The lowest BCUT2D eigenvalue weighted by atomic mass is 9.98. The highest BCUT2D eigenvalue weighted by atomic mass is 16.5. The van der Waals surface area contributed by atoms with Crippen LogP contribution in [0.15, 0.2) is 71.1 Å². The first-order chi connectivity index (χ1) is 14.7. The maximum atomic E-state index is 12.2. The minimum atomic E-state index is -0.467. The summed E-state index contributed by atoms with van der Waals surface area (Å²) in [6, 6.07) is 21.2. The van der Waals surface area contributed by atoms with Crippen LogP contribution in [0, 0.1) is 0 Å². The van der Waals surface area contributed by atoms with E-state index in [0.717, 1.165) is 0 Å². The van der Waals surface area contributed by atoms with Crippen LogP contribution in [0.4, 0.5) is 4.79 Å². The Hall–Kier alpha value is -3.80. The number of aromatic nitrogens is 1. The summed E-state index contributed by atoms with van der Waals surface area (Å²) in [7, 11) is 0. The summed E-state index contributed by atoms with van der Waals surface area (Å²) in [5.74, 6) is 0.668. The predicted octanol–water partition coefficient (Wildman–Crippen LogP) is 4.61. The van der Waals surface area contributed by atoms with Crippen LogP contribution >= 0.6 is 0 Å². The van der Waals surface area contributed by atoms with Crippen molar-refractivity contribution in [3.63, 3.8) is 0 Å². The van der Waals surface area contributed by atoms with Crippen molar-refractivity contribution < 1.29 is 19.1 Å². The first-order valence-electron chi connectivity index (χ1n) is 9.86. The second-order valence-electron chi connectivity index (χ2n) is 7.26. The number of ether oxygens (including phenoxy) is 1. The number of phenols is 1. The van der Waals surface area contributed by atoms with Crippen LogP contribution in [-0.2, 0) is 11.2 Å². The van der Waals surface area contributed by atoms with Crippen LogP contribution in [0.25, 0.3) is 22.2 Å². The monoisotopic (exact) mass is 400 g/mol. The lowest BCUT2D eigenvalue weighted by Crippen LogP contribution is -2.28. The molecule has 1 aromatic heterocycles. The Balaban J connectivity index is 1.18. The highest BCUT2D eigenvalue weighted by Crippen LogP contribution is 2.44. The maximum Gasteiger partial charge on any atom is 0.407 e. The van der Waals surface area contributed by atoms with Crippen LogP contribution in [0.3, 0.4) is 0 Å². The quantitative estimate of drug-likeness (QED) is 0.511. The maximum absolute atomic E-state index is 12.2. The summed E-state index contributed by atoms with van der Waals surface area (Å²) in [6.07, 6.45) is -0.0368. The van der Waals surface area contributed by atoms with Gasteiger partial charge < -0.3 is 19.6 Å². The normalized spacial score (nSPS) is 12.5. The van der Waals surface area contributed by atoms with Crippen molar-refractivity contribution in [2.24, 2.45) is 0 Å². The van der Waals surface area contributed by atoms with Crippen molar-refractivity contribution in [1.29, 1.82) is 0 Å². The zero-order valence-electron chi connectivity index (χ0n) is 16.2. The average Bonchev–Trinajstić information content (AvgIpc) is 3.30. The molecule has 0 atom stereocenters. The number of nitrogens with zero attached hydrogens (tertiary/aromatic N) is 1. The topological polar surface area (TPSA) is 84.6 Å². The van der Waals surface area contributed by atoms with Crippen molar-refractivity contribution >= 4 is 17.2 Å². The molecule has 0 radical (unpaired) electrons. The third-order valence-electron chi connectivity index (χ3n) is 5.37. The second kappa shape index (κ2) is 7.55. The Labute approximate surface area is 173 Å². The number of nitrogens with one attached hydrogen (secondary N) is 1. The molecular formula is C24H20N2O4. The Morgan fingerprint density at radius 1 is 1.03 bits per heavy atom. The van der Waals surface area contributed by atoms with E-state index in [1.54, 1.807) is 18.2 Å². The molecule has 1 aliphatic rings. The molecule has 4 aromatic rings. The minimum absolute atomic E-state index is 0.0351. The second-order valence-corrected chi connectivity index (χ2v) is 7.26. The summed E-state index contributed by atoms with van der Waals surface area (Å²) in [5.41, 5.74) is 5.95. The number of hydrogen-bond donors (Lipinski definition) is 2. The lowest BCUT2D eigenvalue weighted by Gasteiger charge is -2.14. The number of carbonyl (C=O) groups is 1. The zero-order valence-corrected chi connectivity index (χ0v) is 16.2. The van der Waals surface area contributed by atoms with Gasteiger partial charge in [-0.05, 0) is 34.4 Å². The standard InChI is InChI=1S/C24H20N2O4/c27-15-9-10-22-21(13-15)26-23(30-22)11-12-25-24(28)29-14-20-18-7-3-1-5-16(18)17-6-2-4-8-19(17)20/h1-10,13,20,27H,11-12,14H2,(H,25,28). The highest BCUT2D eigenvalue weighted by molar-refractivity contribution is 5.79.